The zero-order valence-electron chi connectivity index (χ0n) is 45.1. The van der Waals surface area contributed by atoms with Crippen LogP contribution in [0.3, 0.4) is 0 Å². The molecule has 4 radical (unpaired) electrons. The molecule has 1 aromatic carbocycles. The Hall–Kier alpha value is -2.04. The summed E-state index contributed by atoms with van der Waals surface area (Å²) in [5.41, 5.74) is 8.59. The topological polar surface area (TPSA) is 388 Å². The number of aliphatic hydroxyl groups is 1. The molecule has 0 spiro atoms. The van der Waals surface area contributed by atoms with Gasteiger partial charge in [-0.3, -0.25) is 19.2 Å². The number of carboxylic acids is 1. The zero-order chi connectivity index (χ0) is 55.2. The van der Waals surface area contributed by atoms with E-state index >= 15 is 0 Å². The maximum Gasteiger partial charge on any atom is 1.00 e. The maximum atomic E-state index is 11.3. The van der Waals surface area contributed by atoms with Gasteiger partial charge in [-0.25, -0.2) is 28.9 Å². The average molecular weight is 1210 g/mol. The summed E-state index contributed by atoms with van der Waals surface area (Å²) in [5, 5.41) is 32.9. The Bertz CT molecular complexity index is 1830. The standard InChI is InChI=1S/C9H9NO2S.C6H11BNO3.C6H7BNO2.C4H6BO3.C4H6BO2.C4H6N2O.C4H8O.C2H7NO.CH2O3.CH4O.3ClH.2K.H/c1-8-2-4-9(5-3-8)13(11,12)7-6-10;1-8(11-2)6(10)3-4-7-5-9;9-4-7-2-1-6-3-8-5-10-6;6-3-5-2-1-4(7)8;6-3-1-2-5-4-7;5-1-4-2-6-3-7-4;1-2-4-5-3-1;1-3-4-2;2-1-4-3;1-2;;;;;;/h2-5H,7H2,1H3;5H,3-4H2,1-2H3;3-5H,1-2H2;3H,1-2H2,(H,7,8);3-4H,1-2H2;2-3H,1,5H2;1-4H2;3H,1-2H3;1,3H;2H,1H3;3*1H;;;/q;;;;;;;;;;;;;2*+1;-1/p-1. The number of aromatic nitrogens is 2. The van der Waals surface area contributed by atoms with E-state index in [1.807, 2.05) is 6.92 Å². The summed E-state index contributed by atoms with van der Waals surface area (Å²) >= 11 is 0. The molecular formula is C41H69B4Cl3K2N6O19S. The molecule has 2 aromatic heterocycles. The van der Waals surface area contributed by atoms with E-state index in [1.165, 1.54) is 73.8 Å². The van der Waals surface area contributed by atoms with Gasteiger partial charge in [0.15, 0.2) is 51.7 Å². The Balaban J connectivity index is -0.0000000621. The van der Waals surface area contributed by atoms with E-state index in [9.17, 15) is 42.0 Å². The number of aryl methyl sites for hydroxylation is 2. The Kier molecular flexibility index (Phi) is 110. The van der Waals surface area contributed by atoms with E-state index in [0.717, 1.165) is 67.7 Å². The first kappa shape index (κ1) is 99.3. The molecule has 5 N–H and O–H groups in total. The largest absolute Gasteiger partial charge is 1.00 e. The molecule has 418 valence electrons. The molecule has 1 aliphatic heterocycles. The molecule has 0 atom stereocenters. The number of nitriles is 1. The van der Waals surface area contributed by atoms with Gasteiger partial charge in [-0.1, -0.05) is 43.0 Å². The third kappa shape index (κ3) is 83.3. The van der Waals surface area contributed by atoms with Gasteiger partial charge in [0.2, 0.25) is 5.91 Å². The van der Waals surface area contributed by atoms with Gasteiger partial charge in [0.1, 0.15) is 23.6 Å². The minimum absolute atomic E-state index is 0. The molecule has 35 heteroatoms. The van der Waals surface area contributed by atoms with Crippen LogP contribution in [-0.4, -0.2) is 167 Å². The molecule has 0 aliphatic carbocycles. The molecule has 1 aliphatic rings. The second-order valence-corrected chi connectivity index (χ2v) is 14.1. The van der Waals surface area contributed by atoms with E-state index in [1.54, 1.807) is 52.0 Å². The third-order valence-corrected chi connectivity index (χ3v) is 8.44. The van der Waals surface area contributed by atoms with Gasteiger partial charge in [-0.05, 0) is 38.3 Å². The van der Waals surface area contributed by atoms with Crippen LogP contribution in [0.25, 0.3) is 0 Å². The van der Waals surface area contributed by atoms with E-state index in [4.69, 9.17) is 44.8 Å². The summed E-state index contributed by atoms with van der Waals surface area (Å²) in [6.45, 7) is 4.13. The quantitative estimate of drug-likeness (QED) is 0.0241. The number of carbonyl (C=O) groups excluding carboxylic acids is 7. The van der Waals surface area contributed by atoms with Crippen LogP contribution in [0.1, 0.15) is 50.6 Å². The Morgan fingerprint density at radius 1 is 0.855 bits per heavy atom. The monoisotopic (exact) mass is 1210 g/mol. The zero-order valence-corrected chi connectivity index (χ0v) is 53.6. The number of carbonyl (C=O) groups is 8. The van der Waals surface area contributed by atoms with E-state index in [-0.39, 0.29) is 165 Å². The second kappa shape index (κ2) is 84.3. The van der Waals surface area contributed by atoms with Crippen molar-refractivity contribution in [1.82, 2.24) is 20.5 Å². The normalized spacial score (nSPS) is 9.05. The van der Waals surface area contributed by atoms with Crippen molar-refractivity contribution in [1.29, 1.82) is 5.26 Å². The number of hydroxylamine groups is 3. The number of benzene rings is 1. The van der Waals surface area contributed by atoms with Gasteiger partial charge in [-0.2, -0.15) is 5.26 Å². The van der Waals surface area contributed by atoms with Crippen LogP contribution in [0.2, 0.25) is 25.3 Å². The number of aliphatic carboxylic acids is 1. The number of hydrogen-bond donors (Lipinski definition) is 4. The second-order valence-electron chi connectivity index (χ2n) is 12.1. The molecule has 1 fully saturated rings. The van der Waals surface area contributed by atoms with Gasteiger partial charge < -0.3 is 69.9 Å². The summed E-state index contributed by atoms with van der Waals surface area (Å²) in [5.74, 6) is 0.0718. The fourth-order valence-corrected chi connectivity index (χ4v) is 4.36. The predicted molar refractivity (Wildman–Crippen MR) is 284 cm³/mol. The minimum atomic E-state index is -3.39. The van der Waals surface area contributed by atoms with Gasteiger partial charge in [0.05, 0.1) is 68.9 Å². The SMILES string of the molecule is C1CCOC1.CNOC.CO.CON(C)C(=O)CC[B]C=O.Cc1ccc(S(=O)(=O)CC#N)cc1.Cl.Cl.Cl.NCc1cnco1.O=CO[O-].O=C[B]CCC(=O)O.O=C[B]CCC=O.O=C[B]CCc1cnco1.[H-].[K+].[K+]. The van der Waals surface area contributed by atoms with Gasteiger partial charge in [0, 0.05) is 53.7 Å². The van der Waals surface area contributed by atoms with Crippen molar-refractivity contribution in [3.8, 4) is 6.07 Å². The summed E-state index contributed by atoms with van der Waals surface area (Å²) in [4.78, 5) is 96.6. The molecule has 25 nitrogen and oxygen atoms in total. The van der Waals surface area contributed by atoms with Crippen LogP contribution in [0.15, 0.2) is 63.2 Å². The molecule has 1 saturated heterocycles. The first-order valence-electron chi connectivity index (χ1n) is 20.8. The molecule has 0 unspecified atom stereocenters. The van der Waals surface area contributed by atoms with Crippen molar-refractivity contribution in [2.24, 2.45) is 5.73 Å². The molecule has 3 heterocycles. The van der Waals surface area contributed by atoms with Crippen molar-refractivity contribution < 1.29 is 195 Å². The van der Waals surface area contributed by atoms with Gasteiger partial charge >= 0.3 is 109 Å². The number of amides is 1. The van der Waals surface area contributed by atoms with Crippen LogP contribution in [0.5, 0.6) is 0 Å². The number of oxazole rings is 2. The number of halogens is 3. The number of carboxylic acid groups (broad SMARTS) is 1. The number of sulfone groups is 1. The Morgan fingerprint density at radius 3 is 1.61 bits per heavy atom. The fraction of sp³-hybridized carbons (Fsp3) is 0.488. The molecule has 0 saturated carbocycles. The minimum Gasteiger partial charge on any atom is -1.00 e. The van der Waals surface area contributed by atoms with Crippen LogP contribution in [0, 0.1) is 18.3 Å². The maximum absolute atomic E-state index is 11.3. The van der Waals surface area contributed by atoms with Crippen LogP contribution in [-0.2, 0) is 80.5 Å². The van der Waals surface area contributed by atoms with Crippen molar-refractivity contribution in [3.05, 3.63) is 66.5 Å². The number of ether oxygens (including phenoxy) is 1. The summed E-state index contributed by atoms with van der Waals surface area (Å²) < 4.78 is 37.3. The molecule has 76 heavy (non-hydrogen) atoms. The van der Waals surface area contributed by atoms with Crippen LogP contribution >= 0.6 is 37.2 Å². The van der Waals surface area contributed by atoms with E-state index in [2.05, 4.69) is 30.0 Å². The number of rotatable bonds is 22. The van der Waals surface area contributed by atoms with Crippen LogP contribution < -0.4 is 119 Å². The van der Waals surface area contributed by atoms with E-state index < -0.39 is 21.6 Å². The molecular weight excluding hydrogens is 1140 g/mol. The molecule has 3 aromatic rings. The van der Waals surface area contributed by atoms with Crippen molar-refractivity contribution >= 4 is 126 Å². The van der Waals surface area contributed by atoms with Crippen molar-refractivity contribution in [2.75, 3.05) is 54.4 Å². The predicted octanol–water partition coefficient (Wildman–Crippen LogP) is -4.68. The fourth-order valence-electron chi connectivity index (χ4n) is 3.47. The van der Waals surface area contributed by atoms with Gasteiger partial charge in [0.25, 0.3) is 6.47 Å². The van der Waals surface area contributed by atoms with E-state index in [0.29, 0.717) is 56.9 Å². The molecule has 1 amide bonds. The van der Waals surface area contributed by atoms with Crippen molar-refractivity contribution in [3.63, 3.8) is 0 Å². The number of aldehydes is 1. The summed E-state index contributed by atoms with van der Waals surface area (Å²) in [6, 6.07) is 8.09. The molecule has 0 bridgehead atoms. The van der Waals surface area contributed by atoms with Crippen LogP contribution in [0.4, 0.5) is 0 Å². The number of aliphatic hydroxyl groups excluding tert-OH is 1. The summed E-state index contributed by atoms with van der Waals surface area (Å²) in [7, 11) is 9.51. The van der Waals surface area contributed by atoms with Crippen molar-refractivity contribution in [2.45, 2.75) is 82.2 Å². The van der Waals surface area contributed by atoms with Gasteiger partial charge in [-0.15, -0.1) is 37.2 Å². The number of nitrogens with two attached hydrogens (primary N) is 1. The first-order valence-corrected chi connectivity index (χ1v) is 22.4. The number of nitrogens with one attached hydrogen (secondary N) is 1. The number of nitrogens with zero attached hydrogens (tertiary/aromatic N) is 4. The number of hydrogen-bond acceptors (Lipinski definition) is 23. The Labute approximate surface area is 554 Å². The third-order valence-electron chi connectivity index (χ3n) is 6.94. The Morgan fingerprint density at radius 2 is 1.29 bits per heavy atom. The first-order chi connectivity index (χ1) is 34.2. The smallest absolute Gasteiger partial charge is 1.00 e. The average Bonchev–Trinajstić information content (AvgIpc) is 4.24. The summed E-state index contributed by atoms with van der Waals surface area (Å²) in [6.07, 6.45) is 15.8. The molecule has 4 rings (SSSR count).